The molecule has 0 radical (unpaired) electrons. The minimum absolute atomic E-state index is 0.00559. The van der Waals surface area contributed by atoms with E-state index in [9.17, 15) is 19.5 Å². The van der Waals surface area contributed by atoms with Crippen LogP contribution in [0.4, 0.5) is 0 Å². The van der Waals surface area contributed by atoms with Gasteiger partial charge in [0.05, 0.1) is 49.8 Å². The second kappa shape index (κ2) is 7.20. The maximum absolute atomic E-state index is 14.3. The molecule has 5 fully saturated rings. The Kier molecular flexibility index (Phi) is 4.83. The molecule has 9 heteroatoms. The summed E-state index contributed by atoms with van der Waals surface area (Å²) >= 11 is 0. The summed E-state index contributed by atoms with van der Waals surface area (Å²) in [6.07, 6.45) is 2.31. The summed E-state index contributed by atoms with van der Waals surface area (Å²) in [6.45, 7) is 7.53. The number of aliphatic hydroxyl groups is 1. The molecule has 0 aromatic carbocycles. The van der Waals surface area contributed by atoms with Crippen LogP contribution >= 0.6 is 0 Å². The van der Waals surface area contributed by atoms with Gasteiger partial charge in [-0.05, 0) is 45.6 Å². The number of fused-ring (bicyclic) bond motifs is 3. The van der Waals surface area contributed by atoms with E-state index in [0.717, 1.165) is 5.56 Å². The molecule has 2 saturated carbocycles. The van der Waals surface area contributed by atoms with Crippen LogP contribution in [0, 0.1) is 28.1 Å². The molecule has 0 bridgehead atoms. The minimum atomic E-state index is -1.09. The van der Waals surface area contributed by atoms with E-state index in [1.807, 2.05) is 27.7 Å². The van der Waals surface area contributed by atoms with Crippen LogP contribution in [0.5, 0.6) is 0 Å². The molecule has 1 N–H and O–H groups in total. The molecular weight excluding hydrogens is 468 g/mol. The number of furan rings is 1. The SMILES string of the molecule is COC(=O)C[C@@H]1OC(C)(C)[C@@H]2CC(=O)[C@]3(C)C(CC[C@@]4(C)[C@H](c5ccoc5)OC(=O)[C@H]5O[C@]543)[C@@]12CO. The fraction of sp³-hybridized carbons (Fsp3) is 0.741. The zero-order valence-electron chi connectivity index (χ0n) is 21.4. The van der Waals surface area contributed by atoms with Crippen LogP contribution in [0.3, 0.4) is 0 Å². The number of carbonyl (C=O) groups is 3. The predicted octanol–water partition coefficient (Wildman–Crippen LogP) is 2.75. The third-order valence-electron chi connectivity index (χ3n) is 10.8. The molecule has 3 saturated heterocycles. The van der Waals surface area contributed by atoms with Crippen LogP contribution in [-0.4, -0.2) is 60.0 Å². The number of hydrogen-bond donors (Lipinski definition) is 1. The molecule has 2 aliphatic carbocycles. The number of rotatable bonds is 4. The van der Waals surface area contributed by atoms with Gasteiger partial charge < -0.3 is 28.5 Å². The first-order valence-electron chi connectivity index (χ1n) is 12.7. The van der Waals surface area contributed by atoms with E-state index in [1.165, 1.54) is 7.11 Å². The lowest BCUT2D eigenvalue weighted by atomic mass is 9.37. The second-order valence-corrected chi connectivity index (χ2v) is 12.3. The average molecular weight is 503 g/mol. The van der Waals surface area contributed by atoms with Crippen molar-refractivity contribution in [3.63, 3.8) is 0 Å². The third kappa shape index (κ3) is 2.50. The van der Waals surface area contributed by atoms with Crippen molar-refractivity contribution in [1.82, 2.24) is 0 Å². The maximum Gasteiger partial charge on any atom is 0.339 e. The van der Waals surface area contributed by atoms with Crippen LogP contribution in [0.2, 0.25) is 0 Å². The summed E-state index contributed by atoms with van der Waals surface area (Å²) in [7, 11) is 1.33. The highest BCUT2D eigenvalue weighted by Gasteiger charge is 2.89. The number of ketones is 1. The highest BCUT2D eigenvalue weighted by molar-refractivity contribution is 5.93. The molecule has 4 heterocycles. The summed E-state index contributed by atoms with van der Waals surface area (Å²) in [4.78, 5) is 39.9. The number of Topliss-reactive ketones (excluding diaryl/α,β-unsaturated/α-hetero) is 1. The normalized spacial score (nSPS) is 48.2. The number of esters is 2. The van der Waals surface area contributed by atoms with Gasteiger partial charge in [0.1, 0.15) is 17.5 Å². The molecular formula is C27H34O9. The number of hydrogen-bond acceptors (Lipinski definition) is 9. The summed E-state index contributed by atoms with van der Waals surface area (Å²) in [5, 5.41) is 11.1. The molecule has 196 valence electrons. The molecule has 1 aromatic heterocycles. The first-order chi connectivity index (χ1) is 16.9. The molecule has 9 nitrogen and oxygen atoms in total. The molecule has 1 unspecified atom stereocenters. The van der Waals surface area contributed by atoms with Crippen LogP contribution in [0.1, 0.15) is 65.0 Å². The van der Waals surface area contributed by atoms with Crippen molar-refractivity contribution in [1.29, 1.82) is 0 Å². The summed E-state index contributed by atoms with van der Waals surface area (Å²) < 4.78 is 29.0. The van der Waals surface area contributed by atoms with Gasteiger partial charge in [-0.2, -0.15) is 0 Å². The van der Waals surface area contributed by atoms with Crippen molar-refractivity contribution in [3.05, 3.63) is 24.2 Å². The van der Waals surface area contributed by atoms with E-state index in [2.05, 4.69) is 0 Å². The van der Waals surface area contributed by atoms with Crippen molar-refractivity contribution < 1.29 is 42.9 Å². The monoisotopic (exact) mass is 502 g/mol. The Bertz CT molecular complexity index is 1130. The Hall–Kier alpha value is -2.23. The van der Waals surface area contributed by atoms with Gasteiger partial charge in [0.25, 0.3) is 0 Å². The van der Waals surface area contributed by atoms with Gasteiger partial charge in [-0.25, -0.2) is 4.79 Å². The summed E-state index contributed by atoms with van der Waals surface area (Å²) in [6, 6.07) is 1.78. The molecule has 1 spiro atoms. The minimum Gasteiger partial charge on any atom is -0.472 e. The van der Waals surface area contributed by atoms with E-state index < -0.39 is 57.7 Å². The molecule has 0 amide bonds. The Labute approximate surface area is 209 Å². The maximum atomic E-state index is 14.3. The largest absolute Gasteiger partial charge is 0.472 e. The first kappa shape index (κ1) is 24.1. The zero-order valence-corrected chi connectivity index (χ0v) is 21.4. The molecule has 6 rings (SSSR count). The van der Waals surface area contributed by atoms with Crippen molar-refractivity contribution in [2.24, 2.45) is 28.1 Å². The topological polar surface area (TPSA) is 125 Å². The standard InChI is InChI=1S/C27H34O9/c1-23(2)16-10-17(29)25(4)15(26(16,13-28)18(35-23)11-19(30)32-5)6-8-24(3)20(14-7-9-33-12-14)34-22(31)21-27(24,25)36-21/h7,9,12,15-16,18,20-21,28H,6,8,10-11,13H2,1-5H3/t15?,16-,18-,20-,21+,24-,25-,26+,27+/m0/s1. The molecule has 36 heavy (non-hydrogen) atoms. The molecule has 9 atom stereocenters. The first-order valence-corrected chi connectivity index (χ1v) is 12.7. The number of cyclic esters (lactones) is 1. The third-order valence-corrected chi connectivity index (χ3v) is 10.8. The van der Waals surface area contributed by atoms with Crippen LogP contribution in [-0.2, 0) is 33.3 Å². The van der Waals surface area contributed by atoms with Gasteiger partial charge in [0.15, 0.2) is 6.10 Å². The van der Waals surface area contributed by atoms with Crippen LogP contribution in [0.15, 0.2) is 23.0 Å². The van der Waals surface area contributed by atoms with Gasteiger partial charge in [0, 0.05) is 28.7 Å². The molecule has 5 aliphatic rings. The quantitative estimate of drug-likeness (QED) is 0.489. The average Bonchev–Trinajstić information content (AvgIpc) is 3.33. The Morgan fingerprint density at radius 1 is 1.14 bits per heavy atom. The highest BCUT2D eigenvalue weighted by Crippen LogP contribution is 2.79. The van der Waals surface area contributed by atoms with Crippen molar-refractivity contribution in [2.75, 3.05) is 13.7 Å². The van der Waals surface area contributed by atoms with E-state index in [1.54, 1.807) is 18.6 Å². The zero-order chi connectivity index (χ0) is 25.9. The van der Waals surface area contributed by atoms with Gasteiger partial charge in [-0.3, -0.25) is 9.59 Å². The highest BCUT2D eigenvalue weighted by atomic mass is 16.7. The predicted molar refractivity (Wildman–Crippen MR) is 122 cm³/mol. The Morgan fingerprint density at radius 2 is 1.89 bits per heavy atom. The lowest BCUT2D eigenvalue weighted by Gasteiger charge is -2.64. The number of carbonyl (C=O) groups excluding carboxylic acids is 3. The van der Waals surface area contributed by atoms with E-state index in [0.29, 0.717) is 12.8 Å². The number of methoxy groups -OCH3 is 1. The van der Waals surface area contributed by atoms with E-state index in [4.69, 9.17) is 23.4 Å². The van der Waals surface area contributed by atoms with Crippen molar-refractivity contribution >= 4 is 17.7 Å². The van der Waals surface area contributed by atoms with Gasteiger partial charge in [-0.1, -0.05) is 6.92 Å². The lowest BCUT2D eigenvalue weighted by Crippen LogP contribution is -2.72. The summed E-state index contributed by atoms with van der Waals surface area (Å²) in [5.41, 5.74) is -3.75. The second-order valence-electron chi connectivity index (χ2n) is 12.3. The molecule has 1 aromatic rings. The van der Waals surface area contributed by atoms with Crippen LogP contribution < -0.4 is 0 Å². The fourth-order valence-electron chi connectivity index (χ4n) is 9.19. The Morgan fingerprint density at radius 3 is 2.53 bits per heavy atom. The van der Waals surface area contributed by atoms with Gasteiger partial charge in [-0.15, -0.1) is 0 Å². The van der Waals surface area contributed by atoms with Gasteiger partial charge >= 0.3 is 11.9 Å². The van der Waals surface area contributed by atoms with Crippen LogP contribution in [0.25, 0.3) is 0 Å². The number of epoxide rings is 1. The van der Waals surface area contributed by atoms with E-state index >= 15 is 0 Å². The number of ether oxygens (including phenoxy) is 4. The summed E-state index contributed by atoms with van der Waals surface area (Å²) in [5.74, 6) is -1.57. The van der Waals surface area contributed by atoms with E-state index in [-0.39, 0.29) is 37.1 Å². The van der Waals surface area contributed by atoms with Crippen molar-refractivity contribution in [3.8, 4) is 0 Å². The van der Waals surface area contributed by atoms with Gasteiger partial charge in [0.2, 0.25) is 0 Å². The number of aliphatic hydroxyl groups excluding tert-OH is 1. The fourth-order valence-corrected chi connectivity index (χ4v) is 9.19. The lowest BCUT2D eigenvalue weighted by molar-refractivity contribution is -0.218. The Balaban J connectivity index is 1.52. The smallest absolute Gasteiger partial charge is 0.339 e. The van der Waals surface area contributed by atoms with Crippen molar-refractivity contribution in [2.45, 2.75) is 82.9 Å². The molecule has 3 aliphatic heterocycles.